The van der Waals surface area contributed by atoms with E-state index in [0.717, 1.165) is 16.8 Å². The predicted octanol–water partition coefficient (Wildman–Crippen LogP) is 6.03. The molecule has 10 nitrogen and oxygen atoms in total. The number of aromatic nitrogens is 3. The number of piperazine rings is 1. The van der Waals surface area contributed by atoms with Crippen molar-refractivity contribution in [2.45, 2.75) is 64.6 Å². The summed E-state index contributed by atoms with van der Waals surface area (Å²) in [6.45, 7) is 12.0. The molecule has 12 heteroatoms. The molecule has 2 amide bonds. The minimum Gasteiger partial charge on any atom is -0.497 e. The van der Waals surface area contributed by atoms with Gasteiger partial charge >= 0.3 is 6.09 Å². The van der Waals surface area contributed by atoms with Crippen molar-refractivity contribution in [3.05, 3.63) is 58.2 Å². The maximum atomic E-state index is 14.7. The van der Waals surface area contributed by atoms with Crippen LogP contribution >= 0.6 is 23.2 Å². The lowest BCUT2D eigenvalue weighted by atomic mass is 9.85. The summed E-state index contributed by atoms with van der Waals surface area (Å²) >= 11 is 12.8. The van der Waals surface area contributed by atoms with Gasteiger partial charge in [-0.15, -0.1) is 5.10 Å². The lowest BCUT2D eigenvalue weighted by Gasteiger charge is -2.47. The van der Waals surface area contributed by atoms with E-state index in [1.165, 1.54) is 0 Å². The number of anilines is 1. The van der Waals surface area contributed by atoms with Crippen molar-refractivity contribution in [3.8, 4) is 17.0 Å². The van der Waals surface area contributed by atoms with Crippen LogP contribution in [0.3, 0.4) is 0 Å². The summed E-state index contributed by atoms with van der Waals surface area (Å²) in [6.07, 6.45) is 2.20. The Morgan fingerprint density at radius 2 is 1.75 bits per heavy atom. The Hall–Kier alpha value is -3.50. The third-order valence-corrected chi connectivity index (χ3v) is 8.98. The fourth-order valence-corrected chi connectivity index (χ4v) is 6.40. The molecular weight excluding hydrogens is 603 g/mol. The van der Waals surface area contributed by atoms with E-state index in [4.69, 9.17) is 32.7 Å². The Kier molecular flexibility index (Phi) is 9.05. The molecule has 3 heterocycles. The predicted molar refractivity (Wildman–Crippen MR) is 172 cm³/mol. The molecule has 3 aromatic rings. The molecule has 0 aliphatic carbocycles. The van der Waals surface area contributed by atoms with Gasteiger partial charge in [0.25, 0.3) is 5.91 Å². The van der Waals surface area contributed by atoms with Crippen molar-refractivity contribution < 1.29 is 19.1 Å². The molecule has 0 spiro atoms. The van der Waals surface area contributed by atoms with Gasteiger partial charge in [-0.2, -0.15) is 0 Å². The first-order valence-corrected chi connectivity index (χ1v) is 15.6. The van der Waals surface area contributed by atoms with Gasteiger partial charge in [-0.1, -0.05) is 34.5 Å². The molecule has 1 aromatic heterocycles. The Balaban J connectivity index is 1.44. The number of rotatable bonds is 5. The first-order chi connectivity index (χ1) is 20.8. The second-order valence-corrected chi connectivity index (χ2v) is 13.5. The van der Waals surface area contributed by atoms with E-state index >= 15 is 0 Å². The van der Waals surface area contributed by atoms with Crippen LogP contribution in [0.5, 0.6) is 5.75 Å². The smallest absolute Gasteiger partial charge is 0.410 e. The summed E-state index contributed by atoms with van der Waals surface area (Å²) in [6, 6.07) is 11.1. The molecule has 0 N–H and O–H groups in total. The highest BCUT2D eigenvalue weighted by Crippen LogP contribution is 2.37. The number of halogens is 2. The highest BCUT2D eigenvalue weighted by molar-refractivity contribution is 6.35. The zero-order valence-corrected chi connectivity index (χ0v) is 27.7. The van der Waals surface area contributed by atoms with Gasteiger partial charge in [-0.05, 0) is 83.4 Å². The van der Waals surface area contributed by atoms with Crippen molar-refractivity contribution in [1.82, 2.24) is 24.8 Å². The number of carbonyl (C=O) groups is 2. The number of benzene rings is 2. The number of hydrogen-bond donors (Lipinski definition) is 0. The fraction of sp³-hybridized carbons (Fsp3) is 0.500. The van der Waals surface area contributed by atoms with Crippen molar-refractivity contribution in [3.63, 3.8) is 0 Å². The summed E-state index contributed by atoms with van der Waals surface area (Å²) in [5, 5.41) is 10.3. The van der Waals surface area contributed by atoms with Crippen molar-refractivity contribution in [2.75, 3.05) is 44.7 Å². The van der Waals surface area contributed by atoms with E-state index in [9.17, 15) is 9.59 Å². The largest absolute Gasteiger partial charge is 0.497 e. The second kappa shape index (κ2) is 12.5. The lowest BCUT2D eigenvalue weighted by Crippen LogP contribution is -2.62. The number of piperidine rings is 1. The van der Waals surface area contributed by atoms with Gasteiger partial charge in [0, 0.05) is 49.4 Å². The van der Waals surface area contributed by atoms with Gasteiger partial charge in [0.2, 0.25) is 0 Å². The van der Waals surface area contributed by atoms with Crippen LogP contribution in [0.1, 0.15) is 46.1 Å². The van der Waals surface area contributed by atoms with Crippen LogP contribution in [-0.2, 0) is 15.1 Å². The van der Waals surface area contributed by atoms with E-state index in [1.54, 1.807) is 28.8 Å². The quantitative estimate of drug-likeness (QED) is 0.335. The lowest BCUT2D eigenvalue weighted by molar-refractivity contribution is -0.147. The monoisotopic (exact) mass is 642 g/mol. The van der Waals surface area contributed by atoms with Crippen LogP contribution in [-0.4, -0.2) is 88.3 Å². The molecule has 0 saturated carbocycles. The van der Waals surface area contributed by atoms with Gasteiger partial charge in [0.15, 0.2) is 0 Å². The third kappa shape index (κ3) is 6.47. The number of likely N-dealkylation sites (tertiary alicyclic amines) is 1. The standard InChI is InChI=1S/C32H40Cl2N6O4/c1-21-7-9-24(43-6)18-25(21)27-20-40(36-35-27)32(11-13-37(14-12-32)30(42)44-31(3,4)5)29(41)39-16-15-38(19-22(39)2)28-17-23(33)8-10-26(28)34/h7-10,17-18,20,22H,11-16,19H2,1-6H3. The summed E-state index contributed by atoms with van der Waals surface area (Å²) in [7, 11) is 1.62. The highest BCUT2D eigenvalue weighted by Gasteiger charge is 2.49. The molecule has 0 radical (unpaired) electrons. The average Bonchev–Trinajstić information content (AvgIpc) is 3.48. The summed E-state index contributed by atoms with van der Waals surface area (Å²) < 4.78 is 12.8. The first-order valence-electron chi connectivity index (χ1n) is 14.9. The average molecular weight is 644 g/mol. The van der Waals surface area contributed by atoms with Crippen LogP contribution in [0, 0.1) is 6.92 Å². The highest BCUT2D eigenvalue weighted by atomic mass is 35.5. The maximum absolute atomic E-state index is 14.7. The van der Waals surface area contributed by atoms with E-state index in [2.05, 4.69) is 15.2 Å². The molecule has 2 aliphatic heterocycles. The number of methoxy groups -OCH3 is 1. The van der Waals surface area contributed by atoms with Crippen LogP contribution in [0.4, 0.5) is 10.5 Å². The summed E-state index contributed by atoms with van der Waals surface area (Å²) in [5.41, 5.74) is 1.76. The van der Waals surface area contributed by atoms with Gasteiger partial charge in [0.1, 0.15) is 22.6 Å². The van der Waals surface area contributed by atoms with Crippen LogP contribution < -0.4 is 9.64 Å². The number of nitrogens with zero attached hydrogens (tertiary/aromatic N) is 6. The van der Waals surface area contributed by atoms with Crippen molar-refractivity contribution in [1.29, 1.82) is 0 Å². The molecule has 44 heavy (non-hydrogen) atoms. The molecule has 0 bridgehead atoms. The molecule has 2 aliphatic rings. The summed E-state index contributed by atoms with van der Waals surface area (Å²) in [4.78, 5) is 33.4. The Bertz CT molecular complexity index is 1530. The van der Waals surface area contributed by atoms with Gasteiger partial charge in [0.05, 0.1) is 24.0 Å². The van der Waals surface area contributed by atoms with E-state index in [1.807, 2.05) is 70.0 Å². The minimum atomic E-state index is -1.03. The topological polar surface area (TPSA) is 93.0 Å². The molecular formula is C32H40Cl2N6O4. The van der Waals surface area contributed by atoms with Crippen LogP contribution in [0.15, 0.2) is 42.6 Å². The number of aryl methyl sites for hydroxylation is 1. The first kappa shape index (κ1) is 31.9. The fourth-order valence-electron chi connectivity index (χ4n) is 6.00. The summed E-state index contributed by atoms with van der Waals surface area (Å²) in [5.74, 6) is 0.674. The molecule has 236 valence electrons. The van der Waals surface area contributed by atoms with E-state index in [-0.39, 0.29) is 18.0 Å². The van der Waals surface area contributed by atoms with Crippen molar-refractivity contribution >= 4 is 40.9 Å². The molecule has 2 aromatic carbocycles. The maximum Gasteiger partial charge on any atom is 0.410 e. The Morgan fingerprint density at radius 3 is 2.41 bits per heavy atom. The van der Waals surface area contributed by atoms with E-state index < -0.39 is 11.1 Å². The molecule has 2 saturated heterocycles. The van der Waals surface area contributed by atoms with Gasteiger partial charge in [-0.25, -0.2) is 9.48 Å². The third-order valence-electron chi connectivity index (χ3n) is 8.43. The Morgan fingerprint density at radius 1 is 1.02 bits per heavy atom. The number of amides is 2. The zero-order valence-electron chi connectivity index (χ0n) is 26.1. The van der Waals surface area contributed by atoms with Crippen molar-refractivity contribution in [2.24, 2.45) is 0 Å². The van der Waals surface area contributed by atoms with E-state index in [0.29, 0.717) is 67.1 Å². The molecule has 1 atom stereocenters. The SMILES string of the molecule is COc1ccc(C)c(-c2cn(C3(C(=O)N4CCN(c5cc(Cl)ccc5Cl)CC4C)CCN(C(=O)OC(C)(C)C)CC3)nn2)c1. The Labute approximate surface area is 268 Å². The second-order valence-electron chi connectivity index (χ2n) is 12.6. The molecule has 1 unspecified atom stereocenters. The van der Waals surface area contributed by atoms with Crippen LogP contribution in [0.2, 0.25) is 10.0 Å². The minimum absolute atomic E-state index is 0.0375. The van der Waals surface area contributed by atoms with Crippen LogP contribution in [0.25, 0.3) is 11.3 Å². The zero-order chi connectivity index (χ0) is 31.8. The number of hydrogen-bond acceptors (Lipinski definition) is 7. The molecule has 5 rings (SSSR count). The van der Waals surface area contributed by atoms with Gasteiger partial charge < -0.3 is 24.2 Å². The van der Waals surface area contributed by atoms with Gasteiger partial charge in [-0.3, -0.25) is 4.79 Å². The normalized spacial score (nSPS) is 18.7. The number of carbonyl (C=O) groups excluding carboxylic acids is 2. The number of ether oxygens (including phenoxy) is 2. The molecule has 2 fully saturated rings.